The number of nitrogens with zero attached hydrogens (tertiary/aromatic N) is 3. The Labute approximate surface area is 180 Å². The molecule has 2 aromatic carbocycles. The van der Waals surface area contributed by atoms with Gasteiger partial charge in [0.15, 0.2) is 6.61 Å². The van der Waals surface area contributed by atoms with E-state index in [1.807, 2.05) is 59.5 Å². The van der Waals surface area contributed by atoms with Gasteiger partial charge in [0.1, 0.15) is 5.75 Å². The third kappa shape index (κ3) is 4.54. The minimum Gasteiger partial charge on any atom is -0.484 e. The molecule has 4 rings (SSSR count). The van der Waals surface area contributed by atoms with Crippen molar-refractivity contribution in [2.24, 2.45) is 0 Å². The maximum atomic E-state index is 13.0. The number of benzene rings is 2. The van der Waals surface area contributed by atoms with Crippen LogP contribution in [0, 0.1) is 0 Å². The summed E-state index contributed by atoms with van der Waals surface area (Å²) in [7, 11) is 0. The van der Waals surface area contributed by atoms with Crippen LogP contribution in [0.15, 0.2) is 60.8 Å². The van der Waals surface area contributed by atoms with Gasteiger partial charge in [-0.2, -0.15) is 0 Å². The van der Waals surface area contributed by atoms with Crippen LogP contribution in [0.2, 0.25) is 5.02 Å². The lowest BCUT2D eigenvalue weighted by Crippen LogP contribution is -2.41. The number of carbonyl (C=O) groups is 1. The second-order valence-corrected chi connectivity index (χ2v) is 7.67. The van der Waals surface area contributed by atoms with Crippen LogP contribution < -0.4 is 10.5 Å². The number of halogens is 1. The van der Waals surface area contributed by atoms with Crippen LogP contribution in [0.4, 0.5) is 5.95 Å². The van der Waals surface area contributed by atoms with Gasteiger partial charge in [0.25, 0.3) is 5.91 Å². The third-order valence-electron chi connectivity index (χ3n) is 5.22. The molecule has 1 amide bonds. The summed E-state index contributed by atoms with van der Waals surface area (Å²) in [6.07, 6.45) is 4.47. The monoisotopic (exact) mass is 422 g/mol. The van der Waals surface area contributed by atoms with Crippen molar-refractivity contribution in [3.8, 4) is 16.9 Å². The number of hydrogen-bond donors (Lipinski definition) is 1. The zero-order valence-corrected chi connectivity index (χ0v) is 17.3. The fraction of sp³-hybridized carbons (Fsp3) is 0.261. The fourth-order valence-electron chi connectivity index (χ4n) is 3.80. The van der Waals surface area contributed by atoms with E-state index >= 15 is 0 Å². The van der Waals surface area contributed by atoms with Gasteiger partial charge in [-0.15, -0.1) is 0 Å². The summed E-state index contributed by atoms with van der Waals surface area (Å²) in [5.74, 6) is 0.789. The molecule has 2 N–H and O–H groups in total. The van der Waals surface area contributed by atoms with Gasteiger partial charge in [-0.05, 0) is 49.1 Å². The Morgan fingerprint density at radius 2 is 2.00 bits per heavy atom. The maximum absolute atomic E-state index is 13.0. The number of piperidine rings is 1. The fourth-order valence-corrected chi connectivity index (χ4v) is 3.99. The van der Waals surface area contributed by atoms with Crippen LogP contribution in [0.5, 0.6) is 5.75 Å². The summed E-state index contributed by atoms with van der Waals surface area (Å²) in [6, 6.07) is 16.7. The maximum Gasteiger partial charge on any atom is 0.261 e. The first-order valence-electron chi connectivity index (χ1n) is 9.97. The summed E-state index contributed by atoms with van der Waals surface area (Å²) in [5.41, 5.74) is 8.40. The molecular formula is C23H23ClN4O2. The summed E-state index contributed by atoms with van der Waals surface area (Å²) in [6.45, 7) is 0.633. The second-order valence-electron chi connectivity index (χ2n) is 7.24. The van der Waals surface area contributed by atoms with Crippen molar-refractivity contribution in [3.63, 3.8) is 0 Å². The average molecular weight is 423 g/mol. The molecule has 1 unspecified atom stereocenters. The van der Waals surface area contributed by atoms with Crippen LogP contribution in [0.1, 0.15) is 31.0 Å². The van der Waals surface area contributed by atoms with Gasteiger partial charge in [0, 0.05) is 23.3 Å². The van der Waals surface area contributed by atoms with E-state index in [1.54, 1.807) is 6.20 Å². The van der Waals surface area contributed by atoms with E-state index in [0.717, 1.165) is 36.1 Å². The number of hydrogen-bond acceptors (Lipinski definition) is 5. The molecule has 2 heterocycles. The number of para-hydroxylation sites is 1. The number of carbonyl (C=O) groups excluding carboxylic acids is 1. The molecule has 1 fully saturated rings. The lowest BCUT2D eigenvalue weighted by Gasteiger charge is -2.36. The van der Waals surface area contributed by atoms with Gasteiger partial charge in [-0.3, -0.25) is 4.79 Å². The molecule has 0 bridgehead atoms. The van der Waals surface area contributed by atoms with Crippen LogP contribution in [-0.4, -0.2) is 33.9 Å². The van der Waals surface area contributed by atoms with Crippen LogP contribution in [0.3, 0.4) is 0 Å². The number of amides is 1. The quantitative estimate of drug-likeness (QED) is 0.654. The Morgan fingerprint density at radius 3 is 2.80 bits per heavy atom. The number of aromatic nitrogens is 2. The van der Waals surface area contributed by atoms with E-state index in [2.05, 4.69) is 9.97 Å². The molecule has 0 aliphatic carbocycles. The SMILES string of the molecule is Nc1ncc(-c2cccc(Cl)c2)c(C2CCCCN2C(=O)COc2ccccc2)n1. The van der Waals surface area contributed by atoms with Crippen LogP contribution >= 0.6 is 11.6 Å². The van der Waals surface area contributed by atoms with E-state index in [4.69, 9.17) is 22.1 Å². The predicted octanol–water partition coefficient (Wildman–Crippen LogP) is 4.51. The Bertz CT molecular complexity index is 1030. The third-order valence-corrected chi connectivity index (χ3v) is 5.45. The average Bonchev–Trinajstić information content (AvgIpc) is 2.78. The molecule has 3 aromatic rings. The van der Waals surface area contributed by atoms with Gasteiger partial charge < -0.3 is 15.4 Å². The molecule has 154 valence electrons. The van der Waals surface area contributed by atoms with Crippen molar-refractivity contribution in [2.75, 3.05) is 18.9 Å². The molecule has 0 radical (unpaired) electrons. The lowest BCUT2D eigenvalue weighted by atomic mass is 9.94. The van der Waals surface area contributed by atoms with Crippen LogP contribution in [-0.2, 0) is 4.79 Å². The number of anilines is 1. The highest BCUT2D eigenvalue weighted by Gasteiger charge is 2.31. The summed E-state index contributed by atoms with van der Waals surface area (Å²) in [4.78, 5) is 23.6. The lowest BCUT2D eigenvalue weighted by molar-refractivity contribution is -0.137. The Balaban J connectivity index is 1.62. The van der Waals surface area contributed by atoms with Crippen molar-refractivity contribution < 1.29 is 9.53 Å². The van der Waals surface area contributed by atoms with Gasteiger partial charge >= 0.3 is 0 Å². The molecule has 0 spiro atoms. The predicted molar refractivity (Wildman–Crippen MR) is 117 cm³/mol. The molecular weight excluding hydrogens is 400 g/mol. The minimum absolute atomic E-state index is 0.0203. The first kappa shape index (κ1) is 20.2. The van der Waals surface area contributed by atoms with Crippen molar-refractivity contribution in [1.82, 2.24) is 14.9 Å². The van der Waals surface area contributed by atoms with Crippen LogP contribution in [0.25, 0.3) is 11.1 Å². The van der Waals surface area contributed by atoms with E-state index < -0.39 is 0 Å². The van der Waals surface area contributed by atoms with Gasteiger partial charge in [0.05, 0.1) is 11.7 Å². The molecule has 1 saturated heterocycles. The van der Waals surface area contributed by atoms with E-state index in [9.17, 15) is 4.79 Å². The Kier molecular flexibility index (Phi) is 6.14. The zero-order chi connectivity index (χ0) is 20.9. The smallest absolute Gasteiger partial charge is 0.261 e. The van der Waals surface area contributed by atoms with E-state index in [0.29, 0.717) is 17.3 Å². The van der Waals surface area contributed by atoms with Crippen molar-refractivity contribution in [2.45, 2.75) is 25.3 Å². The summed E-state index contributed by atoms with van der Waals surface area (Å²) >= 11 is 6.20. The standard InChI is InChI=1S/C23H23ClN4O2/c24-17-8-6-7-16(13-17)19-14-26-23(25)27-22(19)20-11-4-5-12-28(20)21(29)15-30-18-9-2-1-3-10-18/h1-3,6-10,13-14,20H,4-5,11-12,15H2,(H2,25,26,27). The summed E-state index contributed by atoms with van der Waals surface area (Å²) < 4.78 is 5.69. The van der Waals surface area contributed by atoms with Gasteiger partial charge in [-0.25, -0.2) is 9.97 Å². The van der Waals surface area contributed by atoms with Crippen molar-refractivity contribution >= 4 is 23.5 Å². The second kappa shape index (κ2) is 9.13. The minimum atomic E-state index is -0.190. The van der Waals surface area contributed by atoms with E-state index in [-0.39, 0.29) is 24.5 Å². The Morgan fingerprint density at radius 1 is 1.17 bits per heavy atom. The largest absolute Gasteiger partial charge is 0.484 e. The molecule has 7 heteroatoms. The molecule has 1 atom stereocenters. The number of ether oxygens (including phenoxy) is 1. The number of rotatable bonds is 5. The molecule has 1 aliphatic heterocycles. The zero-order valence-electron chi connectivity index (χ0n) is 16.5. The highest BCUT2D eigenvalue weighted by molar-refractivity contribution is 6.30. The summed E-state index contributed by atoms with van der Waals surface area (Å²) in [5, 5.41) is 0.628. The topological polar surface area (TPSA) is 81.3 Å². The molecule has 1 aliphatic rings. The highest BCUT2D eigenvalue weighted by Crippen LogP contribution is 2.36. The van der Waals surface area contributed by atoms with E-state index in [1.165, 1.54) is 0 Å². The molecule has 1 aromatic heterocycles. The highest BCUT2D eigenvalue weighted by atomic mass is 35.5. The molecule has 0 saturated carbocycles. The van der Waals surface area contributed by atoms with Gasteiger partial charge in [0.2, 0.25) is 5.95 Å². The normalized spacial score (nSPS) is 16.3. The number of likely N-dealkylation sites (tertiary alicyclic amines) is 1. The number of nitrogens with two attached hydrogens (primary N) is 1. The Hall–Kier alpha value is -3.12. The van der Waals surface area contributed by atoms with Gasteiger partial charge in [-0.1, -0.05) is 41.9 Å². The first-order valence-corrected chi connectivity index (χ1v) is 10.4. The number of nitrogen functional groups attached to an aromatic ring is 1. The first-order chi connectivity index (χ1) is 14.6. The van der Waals surface area contributed by atoms with Crippen molar-refractivity contribution in [3.05, 3.63) is 71.5 Å². The molecule has 6 nitrogen and oxygen atoms in total. The van der Waals surface area contributed by atoms with Crippen molar-refractivity contribution in [1.29, 1.82) is 0 Å². The molecule has 30 heavy (non-hydrogen) atoms.